The number of rotatable bonds is 4. The summed E-state index contributed by atoms with van der Waals surface area (Å²) in [6.07, 6.45) is 4.33. The van der Waals surface area contributed by atoms with Crippen molar-refractivity contribution in [2.45, 2.75) is 6.54 Å². The number of nitrogen functional groups attached to an aromatic ring is 1. The van der Waals surface area contributed by atoms with Crippen LogP contribution in [0.1, 0.15) is 10.5 Å². The van der Waals surface area contributed by atoms with Crippen molar-refractivity contribution in [3.8, 4) is 0 Å². The molecule has 19 heavy (non-hydrogen) atoms. The van der Waals surface area contributed by atoms with Crippen molar-refractivity contribution in [1.82, 2.24) is 25.3 Å². The van der Waals surface area contributed by atoms with Gasteiger partial charge in [-0.3, -0.25) is 19.4 Å². The minimum Gasteiger partial charge on any atom is -0.396 e. The number of carbonyl (C=O) groups excluding carboxylic acids is 2. The number of H-pyrrole nitrogens is 1. The third-order valence-corrected chi connectivity index (χ3v) is 2.37. The summed E-state index contributed by atoms with van der Waals surface area (Å²) in [5.41, 5.74) is 6.46. The van der Waals surface area contributed by atoms with E-state index < -0.39 is 5.91 Å². The first-order chi connectivity index (χ1) is 9.10. The molecule has 0 bridgehead atoms. The molecule has 0 aliphatic rings. The molecule has 2 aromatic heterocycles. The Morgan fingerprint density at radius 3 is 2.89 bits per heavy atom. The number of likely N-dealkylation sites (N-methyl/N-ethyl adjacent to an activating group) is 1. The van der Waals surface area contributed by atoms with Gasteiger partial charge in [-0.25, -0.2) is 0 Å². The molecule has 2 heterocycles. The lowest BCUT2D eigenvalue weighted by molar-refractivity contribution is -0.121. The number of anilines is 2. The second-order valence-electron chi connectivity index (χ2n) is 3.75. The summed E-state index contributed by atoms with van der Waals surface area (Å²) in [6, 6.07) is 0. The fraction of sp³-hybridized carbons (Fsp3) is 0.200. The van der Waals surface area contributed by atoms with E-state index in [1.54, 1.807) is 6.20 Å². The molecule has 0 atom stereocenters. The molecule has 9 heteroatoms. The Morgan fingerprint density at radius 1 is 1.47 bits per heavy atom. The Balaban J connectivity index is 2.02. The maximum Gasteiger partial charge on any atom is 0.275 e. The molecule has 2 amide bonds. The maximum absolute atomic E-state index is 11.8. The fourth-order valence-corrected chi connectivity index (χ4v) is 1.41. The van der Waals surface area contributed by atoms with E-state index in [0.717, 1.165) is 0 Å². The number of carbonyl (C=O) groups is 2. The minimum atomic E-state index is -0.422. The van der Waals surface area contributed by atoms with Crippen molar-refractivity contribution in [3.05, 3.63) is 24.3 Å². The largest absolute Gasteiger partial charge is 0.396 e. The highest BCUT2D eigenvalue weighted by atomic mass is 16.2. The molecule has 9 nitrogen and oxygen atoms in total. The number of aromatic amines is 1. The summed E-state index contributed by atoms with van der Waals surface area (Å²) in [7, 11) is 1.54. The van der Waals surface area contributed by atoms with E-state index in [-0.39, 0.29) is 23.8 Å². The Kier molecular flexibility index (Phi) is 3.46. The normalized spacial score (nSPS) is 10.2. The zero-order valence-electron chi connectivity index (χ0n) is 10.2. The van der Waals surface area contributed by atoms with Gasteiger partial charge in [-0.15, -0.1) is 0 Å². The second-order valence-corrected chi connectivity index (χ2v) is 3.75. The molecule has 100 valence electrons. The average molecular weight is 263 g/mol. The van der Waals surface area contributed by atoms with E-state index in [1.807, 2.05) is 0 Å². The van der Waals surface area contributed by atoms with Crippen molar-refractivity contribution in [1.29, 1.82) is 0 Å². The molecule has 0 unspecified atom stereocenters. The van der Waals surface area contributed by atoms with Crippen molar-refractivity contribution in [2.24, 2.45) is 0 Å². The van der Waals surface area contributed by atoms with Gasteiger partial charge < -0.3 is 16.4 Å². The molecule has 0 spiro atoms. The smallest absolute Gasteiger partial charge is 0.275 e. The van der Waals surface area contributed by atoms with Crippen LogP contribution in [0.4, 0.5) is 11.4 Å². The fourth-order valence-electron chi connectivity index (χ4n) is 1.41. The lowest BCUT2D eigenvalue weighted by Gasteiger charge is -2.01. The molecule has 0 aliphatic carbocycles. The number of hydrogen-bond acceptors (Lipinski definition) is 5. The van der Waals surface area contributed by atoms with Gasteiger partial charge in [0, 0.05) is 13.2 Å². The summed E-state index contributed by atoms with van der Waals surface area (Å²) in [6.45, 7) is 0.0819. The van der Waals surface area contributed by atoms with Crippen LogP contribution in [0.2, 0.25) is 0 Å². The summed E-state index contributed by atoms with van der Waals surface area (Å²) in [5.74, 6) is -0.603. The average Bonchev–Trinajstić information content (AvgIpc) is 2.98. The number of nitrogens with two attached hydrogens (primary N) is 1. The number of amides is 2. The van der Waals surface area contributed by atoms with Crippen LogP contribution in [0.3, 0.4) is 0 Å². The number of hydrogen-bond donors (Lipinski definition) is 4. The van der Waals surface area contributed by atoms with E-state index >= 15 is 0 Å². The van der Waals surface area contributed by atoms with Crippen molar-refractivity contribution < 1.29 is 9.59 Å². The minimum absolute atomic E-state index is 0.0819. The lowest BCUT2D eigenvalue weighted by atomic mass is 10.3. The van der Waals surface area contributed by atoms with Crippen molar-refractivity contribution in [2.75, 3.05) is 18.1 Å². The molecule has 2 aromatic rings. The van der Waals surface area contributed by atoms with Gasteiger partial charge in [0.05, 0.1) is 23.8 Å². The van der Waals surface area contributed by atoms with Gasteiger partial charge in [0.25, 0.3) is 5.91 Å². The molecule has 0 aliphatic heterocycles. The standard InChI is InChI=1S/C10H13N7O2/c1-12-8(18)5-17-4-6(2-14-17)15-10(19)9-7(11)3-13-16-9/h2-4H,5,11H2,1H3,(H,12,18)(H,13,16)(H,15,19). The maximum atomic E-state index is 11.8. The van der Waals surface area contributed by atoms with Crippen LogP contribution in [-0.2, 0) is 11.3 Å². The summed E-state index contributed by atoms with van der Waals surface area (Å²) >= 11 is 0. The molecular weight excluding hydrogens is 250 g/mol. The summed E-state index contributed by atoms with van der Waals surface area (Å²) < 4.78 is 1.41. The topological polar surface area (TPSA) is 131 Å². The summed E-state index contributed by atoms with van der Waals surface area (Å²) in [5, 5.41) is 15.2. The quantitative estimate of drug-likeness (QED) is 0.572. The Morgan fingerprint density at radius 2 is 2.26 bits per heavy atom. The van der Waals surface area contributed by atoms with Gasteiger partial charge in [-0.1, -0.05) is 0 Å². The van der Waals surface area contributed by atoms with Crippen LogP contribution in [0.25, 0.3) is 0 Å². The highest BCUT2D eigenvalue weighted by Gasteiger charge is 2.13. The zero-order chi connectivity index (χ0) is 13.8. The molecule has 0 saturated carbocycles. The predicted octanol–water partition coefficient (Wildman–Crippen LogP) is -0.813. The third kappa shape index (κ3) is 2.89. The van der Waals surface area contributed by atoms with Crippen molar-refractivity contribution >= 4 is 23.2 Å². The molecule has 0 aromatic carbocycles. The molecule has 0 fully saturated rings. The monoisotopic (exact) mass is 263 g/mol. The van der Waals surface area contributed by atoms with Gasteiger partial charge in [-0.2, -0.15) is 10.2 Å². The molecule has 2 rings (SSSR count). The van der Waals surface area contributed by atoms with Crippen molar-refractivity contribution in [3.63, 3.8) is 0 Å². The SMILES string of the molecule is CNC(=O)Cn1cc(NC(=O)c2[nH]ncc2N)cn1. The zero-order valence-corrected chi connectivity index (χ0v) is 10.2. The van der Waals surface area contributed by atoms with Gasteiger partial charge in [0.2, 0.25) is 5.91 Å². The van der Waals surface area contributed by atoms with E-state index in [9.17, 15) is 9.59 Å². The van der Waals surface area contributed by atoms with E-state index in [0.29, 0.717) is 5.69 Å². The highest BCUT2D eigenvalue weighted by Crippen LogP contribution is 2.10. The van der Waals surface area contributed by atoms with Crippen LogP contribution in [0.5, 0.6) is 0 Å². The Labute approximate surface area is 108 Å². The van der Waals surface area contributed by atoms with Gasteiger partial charge in [0.1, 0.15) is 12.2 Å². The third-order valence-electron chi connectivity index (χ3n) is 2.37. The highest BCUT2D eigenvalue weighted by molar-refractivity contribution is 6.05. The Bertz CT molecular complexity index is 601. The van der Waals surface area contributed by atoms with E-state index in [2.05, 4.69) is 25.9 Å². The van der Waals surface area contributed by atoms with Crippen LogP contribution in [0, 0.1) is 0 Å². The van der Waals surface area contributed by atoms with Crippen LogP contribution in [0.15, 0.2) is 18.6 Å². The summed E-state index contributed by atoms with van der Waals surface area (Å²) in [4.78, 5) is 23.0. The molecule has 5 N–H and O–H groups in total. The first-order valence-corrected chi connectivity index (χ1v) is 5.43. The number of nitrogens with zero attached hydrogens (tertiary/aromatic N) is 3. The van der Waals surface area contributed by atoms with Crippen LogP contribution >= 0.6 is 0 Å². The van der Waals surface area contributed by atoms with Crippen LogP contribution in [-0.4, -0.2) is 38.8 Å². The second kappa shape index (κ2) is 5.21. The first kappa shape index (κ1) is 12.6. The van der Waals surface area contributed by atoms with Gasteiger partial charge in [-0.05, 0) is 0 Å². The Hall–Kier alpha value is -2.84. The number of nitrogens with one attached hydrogen (secondary N) is 3. The first-order valence-electron chi connectivity index (χ1n) is 5.43. The predicted molar refractivity (Wildman–Crippen MR) is 67.2 cm³/mol. The van der Waals surface area contributed by atoms with Crippen LogP contribution < -0.4 is 16.4 Å². The van der Waals surface area contributed by atoms with Gasteiger partial charge in [0.15, 0.2) is 0 Å². The lowest BCUT2D eigenvalue weighted by Crippen LogP contribution is -2.23. The van der Waals surface area contributed by atoms with E-state index in [1.165, 1.54) is 24.1 Å². The molecule has 0 radical (unpaired) electrons. The van der Waals surface area contributed by atoms with E-state index in [4.69, 9.17) is 5.73 Å². The number of aromatic nitrogens is 4. The van der Waals surface area contributed by atoms with Gasteiger partial charge >= 0.3 is 0 Å². The molecular formula is C10H13N7O2. The molecule has 0 saturated heterocycles.